The maximum absolute atomic E-state index is 14.7. The van der Waals surface area contributed by atoms with E-state index in [1.165, 1.54) is 26.2 Å². The summed E-state index contributed by atoms with van der Waals surface area (Å²) in [7, 11) is 6.07. The van der Waals surface area contributed by atoms with Crippen molar-refractivity contribution in [2.24, 2.45) is 29.1 Å². The largest absolute Gasteiger partial charge is 0.481 e. The SMILES string of the molecule is CC[C@H](C)[C@@H](C(CC(=O)N1CCCC1[C@H](OC)[C@@H](C)C(=O)N[C@H](C)[C@@H](O)c1ccccc1)OC)N(C)C(=O)[C@@H](NC(=O)[C@H](C(C)C)N(C)C(=O)O[C@H]1/C=C/CC[C@@](C)(C(=O)N[C@@H](CC(=O)O)C(=O)O)CC1)C(C)C. The molecule has 1 aliphatic heterocycles. The highest BCUT2D eigenvalue weighted by atomic mass is 16.6. The van der Waals surface area contributed by atoms with Gasteiger partial charge in [0.15, 0.2) is 0 Å². The minimum atomic E-state index is -1.62. The number of likely N-dealkylation sites (tertiary alicyclic amines) is 1. The van der Waals surface area contributed by atoms with Gasteiger partial charge in [-0.05, 0) is 74.8 Å². The third kappa shape index (κ3) is 16.7. The molecule has 20 heteroatoms. The Kier molecular flexibility index (Phi) is 24.5. The molecule has 20 nitrogen and oxygen atoms in total. The van der Waals surface area contributed by atoms with Crippen LogP contribution >= 0.6 is 0 Å². The third-order valence-corrected chi connectivity index (χ3v) is 15.1. The number of aliphatic hydroxyl groups excluding tert-OH is 1. The first kappa shape index (κ1) is 62.7. The van der Waals surface area contributed by atoms with Crippen LogP contribution < -0.4 is 16.0 Å². The highest BCUT2D eigenvalue weighted by Gasteiger charge is 2.44. The number of carbonyl (C=O) groups is 8. The number of rotatable bonds is 26. The molecule has 1 aromatic rings. The Morgan fingerprint density at radius 2 is 1.47 bits per heavy atom. The van der Waals surface area contributed by atoms with E-state index in [1.807, 2.05) is 32.0 Å². The van der Waals surface area contributed by atoms with Crippen LogP contribution in [0.5, 0.6) is 0 Å². The number of likely N-dealkylation sites (N-methyl/N-ethyl adjacent to an activating group) is 2. The molecule has 2 unspecified atom stereocenters. The van der Waals surface area contributed by atoms with Gasteiger partial charge in [-0.15, -0.1) is 0 Å². The monoisotopic (exact) mass is 1040 g/mol. The second-order valence-corrected chi connectivity index (χ2v) is 21.2. The molecule has 1 aromatic carbocycles. The Labute approximate surface area is 437 Å². The highest BCUT2D eigenvalue weighted by molar-refractivity contribution is 5.92. The average molecular weight is 1040 g/mol. The van der Waals surface area contributed by atoms with Crippen molar-refractivity contribution in [1.29, 1.82) is 0 Å². The molecule has 416 valence electrons. The summed E-state index contributed by atoms with van der Waals surface area (Å²) in [6.45, 7) is 16.6. The lowest BCUT2D eigenvalue weighted by Gasteiger charge is -2.41. The van der Waals surface area contributed by atoms with Crippen molar-refractivity contribution in [3.05, 3.63) is 48.0 Å². The molecule has 0 aromatic heterocycles. The van der Waals surface area contributed by atoms with E-state index in [2.05, 4.69) is 16.0 Å². The molecule has 3 rings (SSSR count). The van der Waals surface area contributed by atoms with Gasteiger partial charge < -0.3 is 55.3 Å². The molecule has 6 amide bonds. The number of aliphatic hydroxyl groups is 1. The Balaban J connectivity index is 1.75. The van der Waals surface area contributed by atoms with Crippen molar-refractivity contribution in [1.82, 2.24) is 30.7 Å². The molecule has 1 fully saturated rings. The lowest BCUT2D eigenvalue weighted by Crippen LogP contribution is -2.60. The zero-order valence-corrected chi connectivity index (χ0v) is 45.9. The van der Waals surface area contributed by atoms with Crippen molar-refractivity contribution < 1.29 is 67.9 Å². The normalized spacial score (nSPS) is 22.5. The molecular weight excluding hydrogens is 957 g/mol. The predicted octanol–water partition coefficient (Wildman–Crippen LogP) is 4.93. The maximum atomic E-state index is 14.7. The topological polar surface area (TPSA) is 271 Å². The summed E-state index contributed by atoms with van der Waals surface area (Å²) in [6, 6.07) is 3.65. The van der Waals surface area contributed by atoms with E-state index in [0.29, 0.717) is 44.2 Å². The van der Waals surface area contributed by atoms with Gasteiger partial charge in [-0.1, -0.05) is 98.2 Å². The van der Waals surface area contributed by atoms with E-state index in [-0.39, 0.29) is 37.0 Å². The van der Waals surface area contributed by atoms with E-state index in [1.54, 1.807) is 89.6 Å². The van der Waals surface area contributed by atoms with Crippen LogP contribution in [0.25, 0.3) is 0 Å². The van der Waals surface area contributed by atoms with E-state index in [9.17, 15) is 48.6 Å². The summed E-state index contributed by atoms with van der Waals surface area (Å²) < 4.78 is 17.9. The minimum Gasteiger partial charge on any atom is -0.481 e. The standard InChI is InChI=1S/C54H86N6O14/c1-14-33(6)45(40(72-12)30-41(61)60-28-20-24-39(60)47(73-13)34(7)48(65)55-35(8)46(64)36-21-16-15-17-22-36)58(10)50(67)43(31(2)3)57-49(66)44(32(4)5)59(11)53(71)74-37-23-18-19-26-54(9,27-25-37)52(70)56-38(51(68)69)29-42(62)63/h15-18,21-23,31-35,37-40,43-47,64H,14,19-20,24-30H2,1-13H3,(H,55,65)(H,56,70)(H,57,66)(H,62,63)(H,68,69)/b23-18+/t33-,34+,35+,37-,38-,39?,40?,43-,44-,45-,46+,47+,54+/m0/s1. The number of aliphatic carboxylic acids is 2. The number of allylic oxidation sites excluding steroid dienone is 1. The van der Waals surface area contributed by atoms with Gasteiger partial charge in [0.05, 0.1) is 55.2 Å². The van der Waals surface area contributed by atoms with Gasteiger partial charge in [-0.25, -0.2) is 9.59 Å². The first-order valence-corrected chi connectivity index (χ1v) is 26.1. The van der Waals surface area contributed by atoms with Crippen molar-refractivity contribution in [2.45, 2.75) is 181 Å². The number of hydrogen-bond donors (Lipinski definition) is 6. The zero-order valence-electron chi connectivity index (χ0n) is 45.9. The van der Waals surface area contributed by atoms with Crippen LogP contribution in [0.15, 0.2) is 42.5 Å². The molecule has 74 heavy (non-hydrogen) atoms. The average Bonchev–Trinajstić information content (AvgIpc) is 3.84. The molecule has 0 radical (unpaired) electrons. The first-order chi connectivity index (χ1) is 34.7. The molecule has 0 saturated carbocycles. The van der Waals surface area contributed by atoms with E-state index in [0.717, 1.165) is 0 Å². The van der Waals surface area contributed by atoms with Gasteiger partial charge in [0, 0.05) is 40.3 Å². The summed E-state index contributed by atoms with van der Waals surface area (Å²) in [5.41, 5.74) is -0.435. The van der Waals surface area contributed by atoms with E-state index >= 15 is 0 Å². The molecule has 0 spiro atoms. The Hall–Kier alpha value is -5.60. The second-order valence-electron chi connectivity index (χ2n) is 21.2. The van der Waals surface area contributed by atoms with E-state index < -0.39 is 126 Å². The van der Waals surface area contributed by atoms with Crippen LogP contribution in [0, 0.1) is 29.1 Å². The van der Waals surface area contributed by atoms with Gasteiger partial charge in [-0.3, -0.25) is 33.7 Å². The Bertz CT molecular complexity index is 2090. The second kappa shape index (κ2) is 28.9. The number of benzene rings is 1. The highest BCUT2D eigenvalue weighted by Crippen LogP contribution is 2.34. The van der Waals surface area contributed by atoms with Crippen molar-refractivity contribution in [3.63, 3.8) is 0 Å². The van der Waals surface area contributed by atoms with Crippen LogP contribution in [-0.2, 0) is 47.8 Å². The van der Waals surface area contributed by atoms with Crippen LogP contribution in [0.3, 0.4) is 0 Å². The van der Waals surface area contributed by atoms with Crippen LogP contribution in [0.4, 0.5) is 4.79 Å². The van der Waals surface area contributed by atoms with Gasteiger partial charge in [0.2, 0.25) is 29.5 Å². The summed E-state index contributed by atoms with van der Waals surface area (Å²) in [5.74, 6) is -6.75. The van der Waals surface area contributed by atoms with Crippen molar-refractivity contribution >= 4 is 47.6 Å². The summed E-state index contributed by atoms with van der Waals surface area (Å²) in [4.78, 5) is 112. The summed E-state index contributed by atoms with van der Waals surface area (Å²) >= 11 is 0. The number of methoxy groups -OCH3 is 2. The number of carboxylic acid groups (broad SMARTS) is 2. The molecule has 1 aliphatic carbocycles. The molecule has 1 heterocycles. The van der Waals surface area contributed by atoms with Gasteiger partial charge in [0.25, 0.3) is 0 Å². The van der Waals surface area contributed by atoms with Gasteiger partial charge in [0.1, 0.15) is 24.2 Å². The maximum Gasteiger partial charge on any atom is 0.410 e. The fourth-order valence-electron chi connectivity index (χ4n) is 10.3. The Morgan fingerprint density at radius 3 is 2.03 bits per heavy atom. The molecule has 0 bridgehead atoms. The van der Waals surface area contributed by atoms with Crippen LogP contribution in [-0.4, -0.2) is 167 Å². The van der Waals surface area contributed by atoms with Crippen LogP contribution in [0.2, 0.25) is 0 Å². The smallest absolute Gasteiger partial charge is 0.410 e. The summed E-state index contributed by atoms with van der Waals surface area (Å²) in [6.07, 6.45) is 1.54. The van der Waals surface area contributed by atoms with Gasteiger partial charge in [-0.2, -0.15) is 0 Å². The molecule has 2 aliphatic rings. The molecular formula is C54H86N6O14. The number of ether oxygens (including phenoxy) is 3. The predicted molar refractivity (Wildman–Crippen MR) is 276 cm³/mol. The number of amides is 6. The zero-order chi connectivity index (χ0) is 55.8. The Morgan fingerprint density at radius 1 is 0.824 bits per heavy atom. The quantitative estimate of drug-likeness (QED) is 0.0673. The van der Waals surface area contributed by atoms with Crippen molar-refractivity contribution in [2.75, 3.05) is 34.9 Å². The fourth-order valence-corrected chi connectivity index (χ4v) is 10.3. The number of hydrogen-bond acceptors (Lipinski definition) is 12. The third-order valence-electron chi connectivity index (χ3n) is 15.1. The minimum absolute atomic E-state index is 0.0847. The first-order valence-electron chi connectivity index (χ1n) is 26.1. The lowest BCUT2D eigenvalue weighted by atomic mass is 9.77. The molecule has 13 atom stereocenters. The number of nitrogens with one attached hydrogen (secondary N) is 3. The molecule has 1 saturated heterocycles. The number of carboxylic acids is 2. The van der Waals surface area contributed by atoms with Crippen LogP contribution in [0.1, 0.15) is 132 Å². The number of carbonyl (C=O) groups excluding carboxylic acids is 6. The lowest BCUT2D eigenvalue weighted by molar-refractivity contribution is -0.148. The van der Waals surface area contributed by atoms with Gasteiger partial charge >= 0.3 is 18.0 Å². The molecule has 6 N–H and O–H groups in total. The summed E-state index contributed by atoms with van der Waals surface area (Å²) in [5, 5.41) is 37.8. The van der Waals surface area contributed by atoms with E-state index in [4.69, 9.17) is 19.3 Å². The number of nitrogens with zero attached hydrogens (tertiary/aromatic N) is 3. The fraction of sp³-hybridized carbons (Fsp3) is 0.704. The van der Waals surface area contributed by atoms with Crippen molar-refractivity contribution in [3.8, 4) is 0 Å².